The molecule has 1 radical (unpaired) electrons. The summed E-state index contributed by atoms with van der Waals surface area (Å²) in [6.07, 6.45) is 1.38. The van der Waals surface area contributed by atoms with Crippen LogP contribution in [-0.4, -0.2) is 22.6 Å². The van der Waals surface area contributed by atoms with Gasteiger partial charge in [0.25, 0.3) is 0 Å². The third-order valence-corrected chi connectivity index (χ3v) is 3.28. The largest absolute Gasteiger partial charge is 0.478 e. The summed E-state index contributed by atoms with van der Waals surface area (Å²) in [6.45, 7) is 0. The fraction of sp³-hybridized carbons (Fsp3) is 0. The van der Waals surface area contributed by atoms with E-state index in [4.69, 9.17) is 0 Å². The number of Topliss-reactive ketones (excluding diaryl/α,β-unsaturated/α-hetero) is 1. The predicted molar refractivity (Wildman–Crippen MR) is 83.7 cm³/mol. The van der Waals surface area contributed by atoms with Crippen LogP contribution in [0.3, 0.4) is 0 Å². The summed E-state index contributed by atoms with van der Waals surface area (Å²) in [4.78, 5) is 23.6. The molecule has 119 valence electrons. The van der Waals surface area contributed by atoms with E-state index >= 15 is 0 Å². The van der Waals surface area contributed by atoms with E-state index in [9.17, 15) is 14.7 Å². The van der Waals surface area contributed by atoms with E-state index < -0.39 is 11.8 Å². The van der Waals surface area contributed by atoms with E-state index in [1.165, 1.54) is 6.08 Å². The monoisotopic (exact) mass is 355 g/mol. The number of carbonyl (C=O) groups excluding carboxylic acids is 1. The molecule has 0 aliphatic heterocycles. The van der Waals surface area contributed by atoms with Gasteiger partial charge >= 0.3 is 5.97 Å². The number of hydrogen-bond acceptors (Lipinski definition) is 4. The first-order chi connectivity index (χ1) is 10.7. The van der Waals surface area contributed by atoms with Crippen LogP contribution in [0.5, 0.6) is 0 Å². The van der Waals surface area contributed by atoms with Gasteiger partial charge in [0.2, 0.25) is 5.78 Å². The first-order valence-electron chi connectivity index (χ1n) is 6.64. The minimum atomic E-state index is -1.26. The number of ketones is 1. The number of aliphatic carboxylic acids is 1. The Hall–Kier alpha value is -2.69. The summed E-state index contributed by atoms with van der Waals surface area (Å²) >= 11 is 0. The Bertz CT molecular complexity index is 814. The van der Waals surface area contributed by atoms with Crippen molar-refractivity contribution in [3.8, 4) is 0 Å². The molecule has 0 unspecified atom stereocenters. The Labute approximate surface area is 143 Å². The molecule has 0 spiro atoms. The van der Waals surface area contributed by atoms with Crippen LogP contribution < -0.4 is 5.43 Å². The van der Waals surface area contributed by atoms with Gasteiger partial charge in [-0.2, -0.15) is 5.10 Å². The molecule has 5 nitrogen and oxygen atoms in total. The number of nitrogens with one attached hydrogen (secondary N) is 1. The summed E-state index contributed by atoms with van der Waals surface area (Å²) in [7, 11) is 0. The van der Waals surface area contributed by atoms with E-state index in [0.29, 0.717) is 16.8 Å². The SMILES string of the molecule is O=C(O)C1=Cc2ccccc2C(=NNc2ccccc2)C1=O.[Cu]. The number of hydrazone groups is 1. The van der Waals surface area contributed by atoms with Gasteiger partial charge in [0.1, 0.15) is 11.3 Å². The molecule has 2 N–H and O–H groups in total. The molecule has 3 rings (SSSR count). The Morgan fingerprint density at radius 3 is 2.35 bits per heavy atom. The summed E-state index contributed by atoms with van der Waals surface area (Å²) in [5.74, 6) is -1.86. The van der Waals surface area contributed by atoms with E-state index in [1.54, 1.807) is 36.4 Å². The molecule has 6 heteroatoms. The van der Waals surface area contributed by atoms with Crippen LogP contribution in [-0.2, 0) is 26.7 Å². The Morgan fingerprint density at radius 1 is 1.00 bits per heavy atom. The number of hydrogen-bond donors (Lipinski definition) is 2. The molecule has 0 fully saturated rings. The number of carboxylic acid groups (broad SMARTS) is 1. The van der Waals surface area contributed by atoms with Crippen molar-refractivity contribution in [3.05, 3.63) is 71.3 Å². The summed E-state index contributed by atoms with van der Waals surface area (Å²) in [6, 6.07) is 16.2. The zero-order valence-corrected chi connectivity index (χ0v) is 12.7. The molecule has 23 heavy (non-hydrogen) atoms. The standard InChI is InChI=1S/C17H12N2O3.Cu/c20-16-14(17(21)22)10-11-6-4-5-9-13(11)15(16)19-18-12-7-2-1-3-8-12;/h1-10,18H,(H,21,22);. The van der Waals surface area contributed by atoms with Crippen molar-refractivity contribution in [1.82, 2.24) is 0 Å². The van der Waals surface area contributed by atoms with Crippen molar-refractivity contribution >= 4 is 29.2 Å². The van der Waals surface area contributed by atoms with Crippen molar-refractivity contribution in [1.29, 1.82) is 0 Å². The molecule has 0 heterocycles. The predicted octanol–water partition coefficient (Wildman–Crippen LogP) is 2.55. The van der Waals surface area contributed by atoms with Crippen molar-refractivity contribution in [3.63, 3.8) is 0 Å². The molecule has 2 aromatic carbocycles. The fourth-order valence-electron chi connectivity index (χ4n) is 2.21. The molecular weight excluding hydrogens is 344 g/mol. The zero-order valence-electron chi connectivity index (χ0n) is 11.8. The van der Waals surface area contributed by atoms with Gasteiger partial charge in [-0.05, 0) is 23.8 Å². The van der Waals surface area contributed by atoms with Gasteiger partial charge in [-0.1, -0.05) is 42.5 Å². The normalized spacial score (nSPS) is 14.5. The van der Waals surface area contributed by atoms with Crippen LogP contribution in [0, 0.1) is 0 Å². The molecule has 1 aliphatic rings. The molecule has 2 aromatic rings. The van der Waals surface area contributed by atoms with Crippen molar-refractivity contribution < 1.29 is 31.8 Å². The number of anilines is 1. The zero-order chi connectivity index (χ0) is 15.5. The first-order valence-corrected chi connectivity index (χ1v) is 6.64. The van der Waals surface area contributed by atoms with E-state index in [1.807, 2.05) is 18.2 Å². The maximum atomic E-state index is 12.3. The molecule has 1 aliphatic carbocycles. The summed E-state index contributed by atoms with van der Waals surface area (Å²) < 4.78 is 0. The molecular formula is C17H12CuN2O3. The van der Waals surface area contributed by atoms with Crippen LogP contribution >= 0.6 is 0 Å². The Balaban J connectivity index is 0.00000192. The van der Waals surface area contributed by atoms with E-state index in [0.717, 1.165) is 0 Å². The van der Waals surface area contributed by atoms with Crippen LogP contribution in [0.4, 0.5) is 5.69 Å². The van der Waals surface area contributed by atoms with Gasteiger partial charge in [0.05, 0.1) is 5.69 Å². The minimum absolute atomic E-state index is 0. The first kappa shape index (κ1) is 16.7. The maximum absolute atomic E-state index is 12.3. The fourth-order valence-corrected chi connectivity index (χ4v) is 2.21. The molecule has 0 aromatic heterocycles. The second kappa shape index (κ2) is 7.05. The summed E-state index contributed by atoms with van der Waals surface area (Å²) in [5, 5.41) is 13.3. The second-order valence-corrected chi connectivity index (χ2v) is 4.72. The van der Waals surface area contributed by atoms with Crippen LogP contribution in [0.25, 0.3) is 6.08 Å². The number of carbonyl (C=O) groups is 2. The van der Waals surface area contributed by atoms with Gasteiger partial charge in [-0.15, -0.1) is 0 Å². The van der Waals surface area contributed by atoms with Gasteiger partial charge in [0, 0.05) is 22.6 Å². The number of carboxylic acids is 1. The van der Waals surface area contributed by atoms with Gasteiger partial charge in [0.15, 0.2) is 0 Å². The van der Waals surface area contributed by atoms with Crippen molar-refractivity contribution in [2.75, 3.05) is 5.43 Å². The summed E-state index contributed by atoms with van der Waals surface area (Å²) in [5.41, 5.74) is 4.59. The number of rotatable bonds is 3. The minimum Gasteiger partial charge on any atom is -0.478 e. The maximum Gasteiger partial charge on any atom is 0.339 e. The number of benzene rings is 2. The molecule has 0 bridgehead atoms. The number of fused-ring (bicyclic) bond motifs is 1. The topological polar surface area (TPSA) is 78.8 Å². The van der Waals surface area contributed by atoms with E-state index in [-0.39, 0.29) is 28.4 Å². The quantitative estimate of drug-likeness (QED) is 0.504. The smallest absolute Gasteiger partial charge is 0.339 e. The number of para-hydroxylation sites is 1. The Morgan fingerprint density at radius 2 is 1.65 bits per heavy atom. The van der Waals surface area contributed by atoms with Crippen LogP contribution in [0.15, 0.2) is 65.3 Å². The van der Waals surface area contributed by atoms with Gasteiger partial charge in [-0.25, -0.2) is 4.79 Å². The molecule has 0 saturated heterocycles. The average Bonchev–Trinajstić information content (AvgIpc) is 2.54. The second-order valence-electron chi connectivity index (χ2n) is 4.72. The van der Waals surface area contributed by atoms with E-state index in [2.05, 4.69) is 10.5 Å². The third-order valence-electron chi connectivity index (χ3n) is 3.28. The number of nitrogens with zero attached hydrogens (tertiary/aromatic N) is 1. The molecule has 0 atom stereocenters. The van der Waals surface area contributed by atoms with Gasteiger partial charge < -0.3 is 5.11 Å². The Kier molecular flexibility index (Phi) is 5.11. The van der Waals surface area contributed by atoms with Crippen molar-refractivity contribution in [2.24, 2.45) is 5.10 Å². The molecule has 0 saturated carbocycles. The van der Waals surface area contributed by atoms with Gasteiger partial charge in [-0.3, -0.25) is 10.2 Å². The molecule has 0 amide bonds. The average molecular weight is 356 g/mol. The van der Waals surface area contributed by atoms with Crippen LogP contribution in [0.2, 0.25) is 0 Å². The third kappa shape index (κ3) is 3.39. The van der Waals surface area contributed by atoms with Crippen LogP contribution in [0.1, 0.15) is 11.1 Å². The van der Waals surface area contributed by atoms with Crippen molar-refractivity contribution in [2.45, 2.75) is 0 Å².